The fourth-order valence-corrected chi connectivity index (χ4v) is 4.31. The van der Waals surface area contributed by atoms with Gasteiger partial charge in [0.15, 0.2) is 0 Å². The number of hydrogen-bond acceptors (Lipinski definition) is 4. The van der Waals surface area contributed by atoms with Crippen LogP contribution in [0, 0.1) is 0 Å². The van der Waals surface area contributed by atoms with Gasteiger partial charge in [-0.25, -0.2) is 13.1 Å². The molecule has 1 amide bonds. The summed E-state index contributed by atoms with van der Waals surface area (Å²) >= 11 is 4.62. The maximum Gasteiger partial charge on any atom is 0.261 e. The van der Waals surface area contributed by atoms with Gasteiger partial charge < -0.3 is 5.32 Å². The Bertz CT molecular complexity index is 744. The molecule has 1 heterocycles. The average molecular weight is 403 g/mol. The summed E-state index contributed by atoms with van der Waals surface area (Å²) in [5.41, 5.74) is 0. The molecule has 0 aliphatic carbocycles. The third kappa shape index (κ3) is 4.64. The van der Waals surface area contributed by atoms with E-state index in [1.165, 1.54) is 23.5 Å². The molecule has 1 atom stereocenters. The van der Waals surface area contributed by atoms with E-state index in [0.29, 0.717) is 4.88 Å². The summed E-state index contributed by atoms with van der Waals surface area (Å²) in [7, 11) is -3.57. The molecule has 118 valence electrons. The smallest absolute Gasteiger partial charge is 0.261 e. The van der Waals surface area contributed by atoms with Crippen molar-refractivity contribution in [2.45, 2.75) is 17.9 Å². The minimum atomic E-state index is -3.57. The van der Waals surface area contributed by atoms with Gasteiger partial charge in [0.05, 0.1) is 13.6 Å². The number of sulfonamides is 1. The van der Waals surface area contributed by atoms with Crippen LogP contribution >= 0.6 is 27.3 Å². The Balaban J connectivity index is 1.90. The molecule has 22 heavy (non-hydrogen) atoms. The van der Waals surface area contributed by atoms with Crippen molar-refractivity contribution in [2.24, 2.45) is 0 Å². The van der Waals surface area contributed by atoms with Crippen LogP contribution in [0.15, 0.2) is 51.1 Å². The van der Waals surface area contributed by atoms with Crippen LogP contribution in [0.2, 0.25) is 0 Å². The van der Waals surface area contributed by atoms with Crippen LogP contribution in [0.1, 0.15) is 16.6 Å². The Kier molecular flexibility index (Phi) is 5.74. The zero-order chi connectivity index (χ0) is 16.2. The van der Waals surface area contributed by atoms with E-state index in [2.05, 4.69) is 26.0 Å². The molecule has 0 spiro atoms. The lowest BCUT2D eigenvalue weighted by molar-refractivity contribution is 0.0955. The van der Waals surface area contributed by atoms with Crippen molar-refractivity contribution < 1.29 is 13.2 Å². The second-order valence-electron chi connectivity index (χ2n) is 4.65. The summed E-state index contributed by atoms with van der Waals surface area (Å²) in [6.07, 6.45) is 0. The summed E-state index contributed by atoms with van der Waals surface area (Å²) in [6, 6.07) is 11.2. The Morgan fingerprint density at radius 2 is 1.91 bits per heavy atom. The third-order valence-electron chi connectivity index (χ3n) is 2.78. The van der Waals surface area contributed by atoms with Gasteiger partial charge in [-0.15, -0.1) is 11.3 Å². The lowest BCUT2D eigenvalue weighted by Gasteiger charge is -2.14. The van der Waals surface area contributed by atoms with Crippen LogP contribution in [0.25, 0.3) is 0 Å². The van der Waals surface area contributed by atoms with Crippen molar-refractivity contribution in [2.75, 3.05) is 6.54 Å². The third-order valence-corrected chi connectivity index (χ3v) is 6.00. The highest BCUT2D eigenvalue weighted by molar-refractivity contribution is 9.11. The van der Waals surface area contributed by atoms with Crippen LogP contribution in [0.3, 0.4) is 0 Å². The maximum absolute atomic E-state index is 12.1. The molecule has 0 bridgehead atoms. The second kappa shape index (κ2) is 7.36. The first-order valence-corrected chi connectivity index (χ1v) is 9.58. The lowest BCUT2D eigenvalue weighted by Crippen LogP contribution is -2.41. The number of benzene rings is 1. The van der Waals surface area contributed by atoms with Gasteiger partial charge in [-0.2, -0.15) is 0 Å². The molecule has 1 aromatic carbocycles. The summed E-state index contributed by atoms with van der Waals surface area (Å²) in [4.78, 5) is 12.7. The van der Waals surface area contributed by atoms with E-state index in [0.717, 1.165) is 3.79 Å². The van der Waals surface area contributed by atoms with Crippen LogP contribution < -0.4 is 10.0 Å². The molecule has 2 aromatic rings. The lowest BCUT2D eigenvalue weighted by atomic mass is 10.3. The Labute approximate surface area is 141 Å². The topological polar surface area (TPSA) is 75.3 Å². The van der Waals surface area contributed by atoms with Crippen LogP contribution in [-0.2, 0) is 10.0 Å². The van der Waals surface area contributed by atoms with Crippen LogP contribution in [0.5, 0.6) is 0 Å². The number of thiophene rings is 1. The van der Waals surface area contributed by atoms with Crippen LogP contribution in [-0.4, -0.2) is 26.9 Å². The fraction of sp³-hybridized carbons (Fsp3) is 0.214. The quantitative estimate of drug-likeness (QED) is 0.779. The van der Waals surface area contributed by atoms with E-state index >= 15 is 0 Å². The van der Waals surface area contributed by atoms with Crippen molar-refractivity contribution in [3.8, 4) is 0 Å². The van der Waals surface area contributed by atoms with E-state index in [1.54, 1.807) is 37.3 Å². The number of rotatable bonds is 6. The van der Waals surface area contributed by atoms with Gasteiger partial charge >= 0.3 is 0 Å². The number of hydrogen-bond donors (Lipinski definition) is 2. The summed E-state index contributed by atoms with van der Waals surface area (Å²) in [5, 5.41) is 2.71. The first-order chi connectivity index (χ1) is 10.4. The molecule has 5 nitrogen and oxygen atoms in total. The minimum absolute atomic E-state index is 0.204. The van der Waals surface area contributed by atoms with Gasteiger partial charge in [0.2, 0.25) is 10.0 Å². The van der Waals surface area contributed by atoms with Gasteiger partial charge in [-0.3, -0.25) is 4.79 Å². The standard InChI is InChI=1S/C14H15BrN2O3S2/c1-10(9-16-14(18)12-7-8-13(15)21-12)17-22(19,20)11-5-3-2-4-6-11/h2-8,10,17H,9H2,1H3,(H,16,18)/t10-/m1/s1. The van der Waals surface area contributed by atoms with E-state index in [-0.39, 0.29) is 17.3 Å². The van der Waals surface area contributed by atoms with Gasteiger partial charge in [0.1, 0.15) is 0 Å². The van der Waals surface area contributed by atoms with Crippen molar-refractivity contribution >= 4 is 43.2 Å². The summed E-state index contributed by atoms with van der Waals surface area (Å²) in [6.45, 7) is 1.91. The molecule has 0 radical (unpaired) electrons. The molecule has 0 unspecified atom stereocenters. The normalized spacial score (nSPS) is 12.8. The van der Waals surface area contributed by atoms with Crippen molar-refractivity contribution in [1.82, 2.24) is 10.0 Å². The predicted octanol–water partition coefficient (Wildman–Crippen LogP) is 2.61. The number of carbonyl (C=O) groups is 1. The molecule has 8 heteroatoms. The number of halogens is 1. The minimum Gasteiger partial charge on any atom is -0.350 e. The monoisotopic (exact) mass is 402 g/mol. The van der Waals surface area contributed by atoms with Gasteiger partial charge in [0.25, 0.3) is 5.91 Å². The Morgan fingerprint density at radius 1 is 1.23 bits per heavy atom. The van der Waals surface area contributed by atoms with Crippen molar-refractivity contribution in [1.29, 1.82) is 0 Å². The zero-order valence-electron chi connectivity index (χ0n) is 11.7. The van der Waals surface area contributed by atoms with E-state index in [4.69, 9.17) is 0 Å². The summed E-state index contributed by atoms with van der Waals surface area (Å²) < 4.78 is 27.7. The highest BCUT2D eigenvalue weighted by Gasteiger charge is 2.17. The SMILES string of the molecule is C[C@H](CNC(=O)c1ccc(Br)s1)NS(=O)(=O)c1ccccc1. The van der Waals surface area contributed by atoms with Crippen molar-refractivity contribution in [3.63, 3.8) is 0 Å². The number of nitrogens with one attached hydrogen (secondary N) is 2. The van der Waals surface area contributed by atoms with Gasteiger partial charge in [0, 0.05) is 12.6 Å². The largest absolute Gasteiger partial charge is 0.350 e. The molecule has 0 fully saturated rings. The number of carbonyl (C=O) groups excluding carboxylic acids is 1. The second-order valence-corrected chi connectivity index (χ2v) is 8.83. The van der Waals surface area contributed by atoms with E-state index in [1.807, 2.05) is 0 Å². The first-order valence-electron chi connectivity index (χ1n) is 6.49. The maximum atomic E-state index is 12.1. The Morgan fingerprint density at radius 3 is 2.50 bits per heavy atom. The molecular formula is C14H15BrN2O3S2. The first kappa shape index (κ1) is 17.1. The van der Waals surface area contributed by atoms with Crippen LogP contribution in [0.4, 0.5) is 0 Å². The van der Waals surface area contributed by atoms with Crippen molar-refractivity contribution in [3.05, 3.63) is 51.1 Å². The Hall–Kier alpha value is -1.22. The average Bonchev–Trinajstić information content (AvgIpc) is 2.92. The summed E-state index contributed by atoms with van der Waals surface area (Å²) in [5.74, 6) is -0.221. The molecule has 0 saturated carbocycles. The molecule has 2 rings (SSSR count). The predicted molar refractivity (Wildman–Crippen MR) is 90.6 cm³/mol. The molecular weight excluding hydrogens is 388 g/mol. The van der Waals surface area contributed by atoms with Gasteiger partial charge in [-0.1, -0.05) is 18.2 Å². The highest BCUT2D eigenvalue weighted by Crippen LogP contribution is 2.21. The zero-order valence-corrected chi connectivity index (χ0v) is 15.0. The molecule has 0 saturated heterocycles. The highest BCUT2D eigenvalue weighted by atomic mass is 79.9. The molecule has 0 aliphatic heterocycles. The van der Waals surface area contributed by atoms with E-state index < -0.39 is 16.1 Å². The van der Waals surface area contributed by atoms with E-state index in [9.17, 15) is 13.2 Å². The fourth-order valence-electron chi connectivity index (χ4n) is 1.74. The molecule has 2 N–H and O–H groups in total. The molecule has 1 aromatic heterocycles. The number of amides is 1. The molecule has 0 aliphatic rings. The van der Waals surface area contributed by atoms with Gasteiger partial charge in [-0.05, 0) is 47.1 Å².